The van der Waals surface area contributed by atoms with Crippen molar-refractivity contribution < 1.29 is 9.53 Å². The number of nitrogens with two attached hydrogens (primary N) is 1. The van der Waals surface area contributed by atoms with Gasteiger partial charge in [0, 0.05) is 55.7 Å². The zero-order valence-electron chi connectivity index (χ0n) is 14.3. The summed E-state index contributed by atoms with van der Waals surface area (Å²) in [6, 6.07) is 9.21. The fourth-order valence-electron chi connectivity index (χ4n) is 2.65. The van der Waals surface area contributed by atoms with Crippen LogP contribution in [0.3, 0.4) is 0 Å². The lowest BCUT2D eigenvalue weighted by atomic mass is 10.1. The second-order valence-electron chi connectivity index (χ2n) is 5.67. The van der Waals surface area contributed by atoms with Crippen LogP contribution in [0, 0.1) is 0 Å². The molecule has 0 saturated carbocycles. The van der Waals surface area contributed by atoms with Gasteiger partial charge in [-0.1, -0.05) is 0 Å². The lowest BCUT2D eigenvalue weighted by molar-refractivity contribution is 0.100. The van der Waals surface area contributed by atoms with Gasteiger partial charge in [-0.15, -0.1) is 0 Å². The molecule has 0 aliphatic heterocycles. The molecule has 0 radical (unpaired) electrons. The number of carbonyl (C=O) groups excluding carboxylic acids is 1. The minimum atomic E-state index is -0.474. The smallest absolute Gasteiger partial charge is 0.250 e. The average Bonchev–Trinajstić information content (AvgIpc) is 3.10. The number of nitrogens with zero attached hydrogens (tertiary/aromatic N) is 4. The van der Waals surface area contributed by atoms with E-state index in [1.165, 1.54) is 0 Å². The van der Waals surface area contributed by atoms with E-state index in [1.807, 2.05) is 54.0 Å². The van der Waals surface area contributed by atoms with E-state index in [9.17, 15) is 4.79 Å². The number of imidazole rings is 1. The number of pyridine rings is 1. The van der Waals surface area contributed by atoms with Gasteiger partial charge in [-0.05, 0) is 24.3 Å². The zero-order valence-corrected chi connectivity index (χ0v) is 14.3. The molecule has 7 heteroatoms. The van der Waals surface area contributed by atoms with Crippen molar-refractivity contribution in [1.82, 2.24) is 14.5 Å². The van der Waals surface area contributed by atoms with Crippen molar-refractivity contribution in [3.63, 3.8) is 0 Å². The van der Waals surface area contributed by atoms with E-state index in [4.69, 9.17) is 10.5 Å². The summed E-state index contributed by atoms with van der Waals surface area (Å²) in [7, 11) is 5.30. The molecule has 2 N–H and O–H groups in total. The standard InChI is InChI=1S/C18H19N5O2/c1-22(2)15-5-4-13(11-14(15)17(19)24)23-9-8-21-18(23)12-6-7-20-16(10-12)25-3/h4-11H,1-3H3,(H2,19,24). The van der Waals surface area contributed by atoms with Crippen molar-refractivity contribution in [2.45, 2.75) is 0 Å². The normalized spacial score (nSPS) is 10.5. The number of anilines is 1. The topological polar surface area (TPSA) is 86.3 Å². The van der Waals surface area contributed by atoms with Crippen molar-refractivity contribution in [1.29, 1.82) is 0 Å². The first-order chi connectivity index (χ1) is 12.0. The number of benzene rings is 1. The molecule has 0 saturated heterocycles. The van der Waals surface area contributed by atoms with Crippen LogP contribution >= 0.6 is 0 Å². The molecule has 3 aromatic rings. The van der Waals surface area contributed by atoms with E-state index in [-0.39, 0.29) is 0 Å². The third-order valence-corrected chi connectivity index (χ3v) is 3.85. The molecule has 0 unspecified atom stereocenters. The fourth-order valence-corrected chi connectivity index (χ4v) is 2.65. The Balaban J connectivity index is 2.11. The number of carbonyl (C=O) groups is 1. The van der Waals surface area contributed by atoms with Gasteiger partial charge in [-0.25, -0.2) is 9.97 Å². The Kier molecular flexibility index (Phi) is 4.38. The van der Waals surface area contributed by atoms with Gasteiger partial charge in [0.2, 0.25) is 5.88 Å². The summed E-state index contributed by atoms with van der Waals surface area (Å²) in [5, 5.41) is 0. The highest BCUT2D eigenvalue weighted by molar-refractivity contribution is 5.99. The summed E-state index contributed by atoms with van der Waals surface area (Å²) in [6.45, 7) is 0. The molecule has 7 nitrogen and oxygen atoms in total. The Bertz CT molecular complexity index is 917. The van der Waals surface area contributed by atoms with Crippen molar-refractivity contribution in [2.24, 2.45) is 5.73 Å². The molecule has 0 atom stereocenters. The summed E-state index contributed by atoms with van der Waals surface area (Å²) < 4.78 is 7.07. The summed E-state index contributed by atoms with van der Waals surface area (Å²) in [5.74, 6) is 0.749. The third-order valence-electron chi connectivity index (χ3n) is 3.85. The predicted molar refractivity (Wildman–Crippen MR) is 96.2 cm³/mol. The second kappa shape index (κ2) is 6.64. The van der Waals surface area contributed by atoms with Gasteiger partial charge in [0.1, 0.15) is 5.82 Å². The van der Waals surface area contributed by atoms with Crippen molar-refractivity contribution in [3.05, 3.63) is 54.5 Å². The number of hydrogen-bond donors (Lipinski definition) is 1. The quantitative estimate of drug-likeness (QED) is 0.770. The first kappa shape index (κ1) is 16.5. The molecule has 1 amide bonds. The van der Waals surface area contributed by atoms with Crippen LogP contribution in [-0.2, 0) is 0 Å². The van der Waals surface area contributed by atoms with Crippen LogP contribution in [0.5, 0.6) is 5.88 Å². The maximum absolute atomic E-state index is 11.8. The van der Waals surface area contributed by atoms with Gasteiger partial charge in [0.25, 0.3) is 5.91 Å². The molecule has 0 spiro atoms. The maximum atomic E-state index is 11.8. The lowest BCUT2D eigenvalue weighted by Crippen LogP contribution is -2.19. The Labute approximate surface area is 145 Å². The van der Waals surface area contributed by atoms with Crippen LogP contribution in [0.15, 0.2) is 48.9 Å². The average molecular weight is 337 g/mol. The molecule has 2 aromatic heterocycles. The number of hydrogen-bond acceptors (Lipinski definition) is 5. The molecule has 0 aliphatic rings. The second-order valence-corrected chi connectivity index (χ2v) is 5.67. The van der Waals surface area contributed by atoms with Crippen LogP contribution < -0.4 is 15.4 Å². The van der Waals surface area contributed by atoms with Gasteiger partial charge in [0.15, 0.2) is 0 Å². The largest absolute Gasteiger partial charge is 0.481 e. The van der Waals surface area contributed by atoms with Crippen LogP contribution in [0.2, 0.25) is 0 Å². The third kappa shape index (κ3) is 3.16. The van der Waals surface area contributed by atoms with Crippen LogP contribution in [-0.4, -0.2) is 41.6 Å². The van der Waals surface area contributed by atoms with Crippen molar-refractivity contribution in [2.75, 3.05) is 26.1 Å². The van der Waals surface area contributed by atoms with E-state index in [1.54, 1.807) is 25.6 Å². The zero-order chi connectivity index (χ0) is 18.0. The van der Waals surface area contributed by atoms with Gasteiger partial charge >= 0.3 is 0 Å². The number of methoxy groups -OCH3 is 1. The minimum absolute atomic E-state index is 0.453. The minimum Gasteiger partial charge on any atom is -0.481 e. The molecule has 0 fully saturated rings. The van der Waals surface area contributed by atoms with Gasteiger partial charge in [-0.2, -0.15) is 0 Å². The Hall–Kier alpha value is -3.35. The predicted octanol–water partition coefficient (Wildman–Crippen LogP) is 2.11. The summed E-state index contributed by atoms with van der Waals surface area (Å²) in [6.07, 6.45) is 5.20. The van der Waals surface area contributed by atoms with Gasteiger partial charge in [0.05, 0.1) is 12.7 Å². The maximum Gasteiger partial charge on any atom is 0.250 e. The molecule has 3 rings (SSSR count). The van der Waals surface area contributed by atoms with E-state index in [2.05, 4.69) is 9.97 Å². The Morgan fingerprint density at radius 2 is 1.96 bits per heavy atom. The molecular weight excluding hydrogens is 318 g/mol. The van der Waals surface area contributed by atoms with E-state index in [0.717, 1.165) is 16.9 Å². The van der Waals surface area contributed by atoms with E-state index < -0.39 is 5.91 Å². The molecule has 0 aliphatic carbocycles. The fraction of sp³-hybridized carbons (Fsp3) is 0.167. The summed E-state index contributed by atoms with van der Waals surface area (Å²) in [5.41, 5.74) is 8.42. The summed E-state index contributed by atoms with van der Waals surface area (Å²) in [4.78, 5) is 22.2. The highest BCUT2D eigenvalue weighted by Gasteiger charge is 2.14. The first-order valence-corrected chi connectivity index (χ1v) is 7.66. The lowest BCUT2D eigenvalue weighted by Gasteiger charge is -2.17. The first-order valence-electron chi connectivity index (χ1n) is 7.66. The van der Waals surface area contributed by atoms with E-state index >= 15 is 0 Å². The summed E-state index contributed by atoms with van der Waals surface area (Å²) >= 11 is 0. The molecule has 2 heterocycles. The number of aromatic nitrogens is 3. The van der Waals surface area contributed by atoms with Crippen molar-refractivity contribution in [3.8, 4) is 23.0 Å². The van der Waals surface area contributed by atoms with Gasteiger partial charge in [-0.3, -0.25) is 9.36 Å². The molecular formula is C18H19N5O2. The van der Waals surface area contributed by atoms with Crippen LogP contribution in [0.4, 0.5) is 5.69 Å². The number of primary amides is 1. The highest BCUT2D eigenvalue weighted by atomic mass is 16.5. The molecule has 1 aromatic carbocycles. The van der Waals surface area contributed by atoms with Crippen LogP contribution in [0.1, 0.15) is 10.4 Å². The Morgan fingerprint density at radius 1 is 1.16 bits per heavy atom. The Morgan fingerprint density at radius 3 is 2.64 bits per heavy atom. The van der Waals surface area contributed by atoms with Crippen molar-refractivity contribution >= 4 is 11.6 Å². The molecule has 0 bridgehead atoms. The number of ether oxygens (including phenoxy) is 1. The van der Waals surface area contributed by atoms with Gasteiger partial charge < -0.3 is 15.4 Å². The molecule has 128 valence electrons. The number of amides is 1. The SMILES string of the molecule is COc1cc(-c2nccn2-c2ccc(N(C)C)c(C(N)=O)c2)ccn1. The highest BCUT2D eigenvalue weighted by Crippen LogP contribution is 2.27. The monoisotopic (exact) mass is 337 g/mol. The number of rotatable bonds is 5. The molecule has 25 heavy (non-hydrogen) atoms. The van der Waals surface area contributed by atoms with Crippen LogP contribution in [0.25, 0.3) is 17.1 Å². The van der Waals surface area contributed by atoms with E-state index in [0.29, 0.717) is 17.3 Å².